The summed E-state index contributed by atoms with van der Waals surface area (Å²) in [5.41, 5.74) is 2.56. The summed E-state index contributed by atoms with van der Waals surface area (Å²) in [4.78, 5) is 4.85. The second-order valence-electron chi connectivity index (χ2n) is 5.19. The van der Waals surface area contributed by atoms with Gasteiger partial charge in [-0.05, 0) is 38.1 Å². The number of piperazine rings is 1. The first-order valence-electron chi connectivity index (χ1n) is 6.77. The van der Waals surface area contributed by atoms with Crippen LogP contribution in [0.25, 0.3) is 0 Å². The Labute approximate surface area is 110 Å². The molecule has 1 aliphatic rings. The van der Waals surface area contributed by atoms with Gasteiger partial charge < -0.3 is 9.64 Å². The third-order valence-electron chi connectivity index (χ3n) is 3.82. The molecule has 0 atom stereocenters. The molecule has 100 valence electrons. The van der Waals surface area contributed by atoms with E-state index in [4.69, 9.17) is 4.74 Å². The Morgan fingerprint density at radius 1 is 1.11 bits per heavy atom. The molecule has 0 spiro atoms. The number of ether oxygens (including phenoxy) is 1. The summed E-state index contributed by atoms with van der Waals surface area (Å²) in [6.07, 6.45) is 0. The average Bonchev–Trinajstić information content (AvgIpc) is 2.37. The minimum atomic E-state index is 0.786. The highest BCUT2D eigenvalue weighted by molar-refractivity contribution is 5.38. The van der Waals surface area contributed by atoms with Crippen LogP contribution < -0.4 is 4.74 Å². The van der Waals surface area contributed by atoms with Crippen LogP contribution in [0.2, 0.25) is 0 Å². The van der Waals surface area contributed by atoms with Crippen LogP contribution in [0.15, 0.2) is 18.2 Å². The summed E-state index contributed by atoms with van der Waals surface area (Å²) >= 11 is 0. The number of aryl methyl sites for hydroxylation is 1. The van der Waals surface area contributed by atoms with Crippen LogP contribution in [0.4, 0.5) is 0 Å². The van der Waals surface area contributed by atoms with E-state index < -0.39 is 0 Å². The van der Waals surface area contributed by atoms with Crippen molar-refractivity contribution in [3.8, 4) is 5.75 Å². The van der Waals surface area contributed by atoms with Crippen molar-refractivity contribution in [2.75, 3.05) is 46.4 Å². The highest BCUT2D eigenvalue weighted by Crippen LogP contribution is 2.20. The molecule has 1 heterocycles. The predicted octanol–water partition coefficient (Wildman–Crippen LogP) is 1.93. The van der Waals surface area contributed by atoms with Crippen molar-refractivity contribution in [3.63, 3.8) is 0 Å². The summed E-state index contributed by atoms with van der Waals surface area (Å²) < 4.78 is 5.89. The monoisotopic (exact) mass is 248 g/mol. The van der Waals surface area contributed by atoms with Crippen LogP contribution in [0.3, 0.4) is 0 Å². The quantitative estimate of drug-likeness (QED) is 0.810. The Morgan fingerprint density at radius 2 is 1.83 bits per heavy atom. The summed E-state index contributed by atoms with van der Waals surface area (Å²) in [5.74, 6) is 1.03. The largest absolute Gasteiger partial charge is 0.492 e. The fraction of sp³-hybridized carbons (Fsp3) is 0.600. The van der Waals surface area contributed by atoms with Crippen LogP contribution in [-0.4, -0.2) is 56.2 Å². The molecule has 3 heteroatoms. The molecule has 0 aromatic heterocycles. The lowest BCUT2D eigenvalue weighted by Crippen LogP contribution is -2.45. The Bertz CT molecular complexity index is 384. The van der Waals surface area contributed by atoms with Crippen molar-refractivity contribution in [2.45, 2.75) is 13.8 Å². The second-order valence-corrected chi connectivity index (χ2v) is 5.19. The Balaban J connectivity index is 1.77. The number of hydrogen-bond acceptors (Lipinski definition) is 3. The number of rotatable bonds is 4. The smallest absolute Gasteiger partial charge is 0.122 e. The number of likely N-dealkylation sites (N-methyl/N-ethyl adjacent to an activating group) is 1. The third kappa shape index (κ3) is 3.47. The van der Waals surface area contributed by atoms with E-state index in [2.05, 4.69) is 48.9 Å². The molecule has 1 aliphatic heterocycles. The van der Waals surface area contributed by atoms with Crippen LogP contribution in [-0.2, 0) is 0 Å². The molecule has 0 unspecified atom stereocenters. The maximum atomic E-state index is 5.89. The second kappa shape index (κ2) is 6.21. The first-order chi connectivity index (χ1) is 8.66. The van der Waals surface area contributed by atoms with E-state index in [9.17, 15) is 0 Å². The molecule has 0 bridgehead atoms. The van der Waals surface area contributed by atoms with Gasteiger partial charge in [0.05, 0.1) is 0 Å². The molecule has 1 saturated heterocycles. The summed E-state index contributed by atoms with van der Waals surface area (Å²) in [5, 5.41) is 0. The van der Waals surface area contributed by atoms with Gasteiger partial charge in [-0.3, -0.25) is 4.90 Å². The molecule has 18 heavy (non-hydrogen) atoms. The van der Waals surface area contributed by atoms with Crippen LogP contribution in [0, 0.1) is 13.8 Å². The van der Waals surface area contributed by atoms with Crippen molar-refractivity contribution in [1.29, 1.82) is 0 Å². The van der Waals surface area contributed by atoms with Crippen molar-refractivity contribution < 1.29 is 4.74 Å². The standard InChI is InChI=1S/C15H24N2O/c1-13-5-4-6-15(14(13)2)18-12-11-17-9-7-16(3)8-10-17/h4-6H,7-12H2,1-3H3. The zero-order valence-corrected chi connectivity index (χ0v) is 11.8. The van der Waals surface area contributed by atoms with Gasteiger partial charge in [0.1, 0.15) is 12.4 Å². The van der Waals surface area contributed by atoms with Gasteiger partial charge >= 0.3 is 0 Å². The van der Waals surface area contributed by atoms with Gasteiger partial charge in [0.2, 0.25) is 0 Å². The minimum Gasteiger partial charge on any atom is -0.492 e. The van der Waals surface area contributed by atoms with E-state index in [0.717, 1.165) is 32.0 Å². The molecule has 0 N–H and O–H groups in total. The topological polar surface area (TPSA) is 15.7 Å². The lowest BCUT2D eigenvalue weighted by molar-refractivity contribution is 0.133. The maximum absolute atomic E-state index is 5.89. The molecule has 1 aromatic rings. The van der Waals surface area contributed by atoms with E-state index in [1.807, 2.05) is 0 Å². The third-order valence-corrected chi connectivity index (χ3v) is 3.82. The molecule has 0 aliphatic carbocycles. The first-order valence-corrected chi connectivity index (χ1v) is 6.77. The van der Waals surface area contributed by atoms with E-state index in [1.54, 1.807) is 0 Å². The van der Waals surface area contributed by atoms with Gasteiger partial charge in [-0.1, -0.05) is 12.1 Å². The summed E-state index contributed by atoms with van der Waals surface area (Å²) in [6.45, 7) is 10.7. The van der Waals surface area contributed by atoms with Gasteiger partial charge in [-0.25, -0.2) is 0 Å². The minimum absolute atomic E-state index is 0.786. The van der Waals surface area contributed by atoms with E-state index in [-0.39, 0.29) is 0 Å². The lowest BCUT2D eigenvalue weighted by Gasteiger charge is -2.32. The normalized spacial score (nSPS) is 17.9. The Hall–Kier alpha value is -1.06. The van der Waals surface area contributed by atoms with Crippen molar-refractivity contribution in [1.82, 2.24) is 9.80 Å². The fourth-order valence-electron chi connectivity index (χ4n) is 2.24. The van der Waals surface area contributed by atoms with Crippen LogP contribution in [0.1, 0.15) is 11.1 Å². The number of nitrogens with zero attached hydrogens (tertiary/aromatic N) is 2. The molecule has 0 saturated carbocycles. The zero-order chi connectivity index (χ0) is 13.0. The Kier molecular flexibility index (Phi) is 4.61. The SMILES string of the molecule is Cc1cccc(OCCN2CCN(C)CC2)c1C. The van der Waals surface area contributed by atoms with E-state index in [0.29, 0.717) is 0 Å². The van der Waals surface area contributed by atoms with Crippen molar-refractivity contribution in [3.05, 3.63) is 29.3 Å². The van der Waals surface area contributed by atoms with Gasteiger partial charge in [0, 0.05) is 32.7 Å². The van der Waals surface area contributed by atoms with Gasteiger partial charge in [-0.15, -0.1) is 0 Å². The summed E-state index contributed by atoms with van der Waals surface area (Å²) in [7, 11) is 2.18. The lowest BCUT2D eigenvalue weighted by atomic mass is 10.1. The number of benzene rings is 1. The molecule has 0 radical (unpaired) electrons. The molecule has 0 amide bonds. The van der Waals surface area contributed by atoms with Crippen LogP contribution in [0.5, 0.6) is 5.75 Å². The summed E-state index contributed by atoms with van der Waals surface area (Å²) in [6, 6.07) is 6.25. The van der Waals surface area contributed by atoms with Crippen molar-refractivity contribution >= 4 is 0 Å². The maximum Gasteiger partial charge on any atom is 0.122 e. The average molecular weight is 248 g/mol. The van der Waals surface area contributed by atoms with E-state index >= 15 is 0 Å². The zero-order valence-electron chi connectivity index (χ0n) is 11.8. The molecule has 1 aromatic carbocycles. The highest BCUT2D eigenvalue weighted by Gasteiger charge is 2.13. The van der Waals surface area contributed by atoms with Crippen molar-refractivity contribution in [2.24, 2.45) is 0 Å². The molecular weight excluding hydrogens is 224 g/mol. The van der Waals surface area contributed by atoms with Gasteiger partial charge in [0.25, 0.3) is 0 Å². The Morgan fingerprint density at radius 3 is 2.56 bits per heavy atom. The van der Waals surface area contributed by atoms with E-state index in [1.165, 1.54) is 24.2 Å². The van der Waals surface area contributed by atoms with Crippen LogP contribution >= 0.6 is 0 Å². The number of hydrogen-bond donors (Lipinski definition) is 0. The first kappa shape index (κ1) is 13.4. The van der Waals surface area contributed by atoms with Gasteiger partial charge in [-0.2, -0.15) is 0 Å². The van der Waals surface area contributed by atoms with Gasteiger partial charge in [0.15, 0.2) is 0 Å². The molecule has 1 fully saturated rings. The highest BCUT2D eigenvalue weighted by atomic mass is 16.5. The fourth-order valence-corrected chi connectivity index (χ4v) is 2.24. The molecule has 3 nitrogen and oxygen atoms in total. The predicted molar refractivity (Wildman–Crippen MR) is 75.3 cm³/mol. The molecular formula is C15H24N2O. The molecule has 2 rings (SSSR count).